The molecule has 2 aromatic carbocycles. The fourth-order valence-electron chi connectivity index (χ4n) is 1.83. The maximum atomic E-state index is 10.9. The number of amides is 1. The standard InChI is InChI=1S/C16H17N3O2.ClH/c1-11(20)19-14-5-7-15(8-6-14)21-10-12-3-2-4-13(9-12)16(17)18;/h2-9H,10H2,1H3,(H3,17,18)(H,19,20);1H. The molecule has 0 aliphatic heterocycles. The van der Waals surface area contributed by atoms with Crippen LogP contribution in [0.15, 0.2) is 48.5 Å². The first-order chi connectivity index (χ1) is 10.0. The lowest BCUT2D eigenvalue weighted by Gasteiger charge is -2.08. The highest BCUT2D eigenvalue weighted by Gasteiger charge is 2.01. The zero-order valence-electron chi connectivity index (χ0n) is 12.1. The number of carbonyl (C=O) groups excluding carboxylic acids is 1. The molecule has 0 saturated carbocycles. The quantitative estimate of drug-likeness (QED) is 0.585. The largest absolute Gasteiger partial charge is 0.489 e. The van der Waals surface area contributed by atoms with Crippen molar-refractivity contribution in [3.05, 3.63) is 59.7 Å². The minimum Gasteiger partial charge on any atom is -0.489 e. The summed E-state index contributed by atoms with van der Waals surface area (Å²) >= 11 is 0. The predicted molar refractivity (Wildman–Crippen MR) is 89.8 cm³/mol. The molecule has 2 aromatic rings. The zero-order chi connectivity index (χ0) is 15.2. The lowest BCUT2D eigenvalue weighted by atomic mass is 10.1. The Bertz CT molecular complexity index is 657. The molecular formula is C16H18ClN3O2. The number of nitrogens with two attached hydrogens (primary N) is 1. The molecule has 5 nitrogen and oxygen atoms in total. The van der Waals surface area contributed by atoms with Crippen LogP contribution >= 0.6 is 12.4 Å². The first-order valence-corrected chi connectivity index (χ1v) is 6.48. The lowest BCUT2D eigenvalue weighted by molar-refractivity contribution is -0.114. The Morgan fingerprint density at radius 2 is 1.91 bits per heavy atom. The molecule has 22 heavy (non-hydrogen) atoms. The van der Waals surface area contributed by atoms with Gasteiger partial charge < -0.3 is 15.8 Å². The van der Waals surface area contributed by atoms with E-state index in [9.17, 15) is 4.79 Å². The maximum absolute atomic E-state index is 10.9. The summed E-state index contributed by atoms with van der Waals surface area (Å²) in [6.07, 6.45) is 0. The van der Waals surface area contributed by atoms with Crippen LogP contribution in [-0.4, -0.2) is 11.7 Å². The second-order valence-electron chi connectivity index (χ2n) is 4.61. The molecule has 0 atom stereocenters. The van der Waals surface area contributed by atoms with Gasteiger partial charge in [0.05, 0.1) is 0 Å². The van der Waals surface area contributed by atoms with Crippen molar-refractivity contribution in [3.8, 4) is 5.75 Å². The predicted octanol–water partition coefficient (Wildman–Crippen LogP) is 2.93. The number of halogens is 1. The summed E-state index contributed by atoms with van der Waals surface area (Å²) in [4.78, 5) is 10.9. The van der Waals surface area contributed by atoms with E-state index in [0.717, 1.165) is 11.3 Å². The van der Waals surface area contributed by atoms with E-state index in [4.69, 9.17) is 15.9 Å². The lowest BCUT2D eigenvalue weighted by Crippen LogP contribution is -2.11. The third kappa shape index (κ3) is 5.10. The van der Waals surface area contributed by atoms with Crippen LogP contribution in [0.4, 0.5) is 5.69 Å². The Labute approximate surface area is 135 Å². The molecule has 0 aromatic heterocycles. The van der Waals surface area contributed by atoms with Gasteiger partial charge in [0.2, 0.25) is 5.91 Å². The molecule has 116 valence electrons. The summed E-state index contributed by atoms with van der Waals surface area (Å²) in [6, 6.07) is 14.5. The highest BCUT2D eigenvalue weighted by Crippen LogP contribution is 2.17. The van der Waals surface area contributed by atoms with Crippen molar-refractivity contribution in [2.45, 2.75) is 13.5 Å². The van der Waals surface area contributed by atoms with Gasteiger partial charge in [0, 0.05) is 18.2 Å². The van der Waals surface area contributed by atoms with Crippen molar-refractivity contribution < 1.29 is 9.53 Å². The molecule has 0 saturated heterocycles. The number of ether oxygens (including phenoxy) is 1. The van der Waals surface area contributed by atoms with Crippen LogP contribution in [0.1, 0.15) is 18.1 Å². The molecule has 4 N–H and O–H groups in total. The Hall–Kier alpha value is -2.53. The molecule has 1 amide bonds. The van der Waals surface area contributed by atoms with E-state index in [2.05, 4.69) is 5.32 Å². The van der Waals surface area contributed by atoms with Gasteiger partial charge in [0.15, 0.2) is 0 Å². The zero-order valence-corrected chi connectivity index (χ0v) is 12.9. The molecule has 0 aliphatic carbocycles. The van der Waals surface area contributed by atoms with Gasteiger partial charge in [0.25, 0.3) is 0 Å². The van der Waals surface area contributed by atoms with Crippen LogP contribution in [0, 0.1) is 5.41 Å². The van der Waals surface area contributed by atoms with E-state index in [1.165, 1.54) is 6.92 Å². The summed E-state index contributed by atoms with van der Waals surface area (Å²) < 4.78 is 5.66. The first-order valence-electron chi connectivity index (χ1n) is 6.48. The van der Waals surface area contributed by atoms with E-state index < -0.39 is 0 Å². The van der Waals surface area contributed by atoms with Gasteiger partial charge in [-0.05, 0) is 35.9 Å². The minimum absolute atomic E-state index is 0. The highest BCUT2D eigenvalue weighted by atomic mass is 35.5. The molecule has 0 aliphatic rings. The summed E-state index contributed by atoms with van der Waals surface area (Å²) in [7, 11) is 0. The topological polar surface area (TPSA) is 88.2 Å². The van der Waals surface area contributed by atoms with Gasteiger partial charge >= 0.3 is 0 Å². The fraction of sp³-hybridized carbons (Fsp3) is 0.125. The highest BCUT2D eigenvalue weighted by molar-refractivity contribution is 5.95. The van der Waals surface area contributed by atoms with Gasteiger partial charge in [-0.25, -0.2) is 0 Å². The molecule has 0 fully saturated rings. The van der Waals surface area contributed by atoms with Crippen LogP contribution in [0.2, 0.25) is 0 Å². The smallest absolute Gasteiger partial charge is 0.221 e. The van der Waals surface area contributed by atoms with Crippen molar-refractivity contribution in [1.29, 1.82) is 5.41 Å². The third-order valence-corrected chi connectivity index (χ3v) is 2.82. The third-order valence-electron chi connectivity index (χ3n) is 2.82. The minimum atomic E-state index is -0.107. The number of hydrogen-bond donors (Lipinski definition) is 3. The summed E-state index contributed by atoms with van der Waals surface area (Å²) in [5, 5.41) is 10.1. The number of anilines is 1. The average molecular weight is 320 g/mol. The van der Waals surface area contributed by atoms with E-state index in [0.29, 0.717) is 17.9 Å². The van der Waals surface area contributed by atoms with Crippen molar-refractivity contribution in [1.82, 2.24) is 0 Å². The van der Waals surface area contributed by atoms with Crippen LogP contribution in [0.25, 0.3) is 0 Å². The van der Waals surface area contributed by atoms with Gasteiger partial charge in [-0.1, -0.05) is 18.2 Å². The molecule has 2 rings (SSSR count). The van der Waals surface area contributed by atoms with Crippen LogP contribution in [-0.2, 0) is 11.4 Å². The fourth-order valence-corrected chi connectivity index (χ4v) is 1.83. The molecule has 0 radical (unpaired) electrons. The summed E-state index contributed by atoms with van der Waals surface area (Å²) in [5.41, 5.74) is 7.80. The first kappa shape index (κ1) is 17.5. The molecule has 0 unspecified atom stereocenters. The number of amidine groups is 1. The Balaban J connectivity index is 0.00000242. The van der Waals surface area contributed by atoms with Crippen molar-refractivity contribution in [3.63, 3.8) is 0 Å². The van der Waals surface area contributed by atoms with Gasteiger partial charge in [-0.15, -0.1) is 12.4 Å². The monoisotopic (exact) mass is 319 g/mol. The number of hydrogen-bond acceptors (Lipinski definition) is 3. The van der Waals surface area contributed by atoms with E-state index in [1.807, 2.05) is 18.2 Å². The number of nitrogens with one attached hydrogen (secondary N) is 2. The Morgan fingerprint density at radius 1 is 1.23 bits per heavy atom. The Morgan fingerprint density at radius 3 is 2.50 bits per heavy atom. The van der Waals surface area contributed by atoms with Crippen LogP contribution < -0.4 is 15.8 Å². The normalized spacial score (nSPS) is 9.50. The van der Waals surface area contributed by atoms with Gasteiger partial charge in [-0.3, -0.25) is 10.2 Å². The molecule has 0 bridgehead atoms. The van der Waals surface area contributed by atoms with E-state index in [1.54, 1.807) is 30.3 Å². The summed E-state index contributed by atoms with van der Waals surface area (Å²) in [6.45, 7) is 1.85. The average Bonchev–Trinajstić information content (AvgIpc) is 2.46. The van der Waals surface area contributed by atoms with E-state index >= 15 is 0 Å². The van der Waals surface area contributed by atoms with Crippen molar-refractivity contribution in [2.24, 2.45) is 5.73 Å². The number of nitrogen functional groups attached to an aromatic ring is 1. The second-order valence-corrected chi connectivity index (χ2v) is 4.61. The second kappa shape index (κ2) is 8.05. The molecule has 6 heteroatoms. The summed E-state index contributed by atoms with van der Waals surface area (Å²) in [5.74, 6) is 0.638. The molecule has 0 spiro atoms. The van der Waals surface area contributed by atoms with E-state index in [-0.39, 0.29) is 24.1 Å². The Kier molecular flexibility index (Phi) is 6.41. The number of benzene rings is 2. The van der Waals surface area contributed by atoms with Crippen molar-refractivity contribution in [2.75, 3.05) is 5.32 Å². The van der Waals surface area contributed by atoms with Crippen LogP contribution in [0.3, 0.4) is 0 Å². The van der Waals surface area contributed by atoms with Crippen molar-refractivity contribution >= 4 is 29.8 Å². The van der Waals surface area contributed by atoms with Crippen LogP contribution in [0.5, 0.6) is 5.75 Å². The SMILES string of the molecule is CC(=O)Nc1ccc(OCc2cccc(C(=N)N)c2)cc1.Cl. The number of carbonyl (C=O) groups is 1. The number of rotatable bonds is 5. The molecule has 0 heterocycles. The van der Waals surface area contributed by atoms with Gasteiger partial charge in [0.1, 0.15) is 18.2 Å². The maximum Gasteiger partial charge on any atom is 0.221 e. The van der Waals surface area contributed by atoms with Gasteiger partial charge in [-0.2, -0.15) is 0 Å². The molecular weight excluding hydrogens is 302 g/mol.